The van der Waals surface area contributed by atoms with Crippen molar-refractivity contribution in [2.24, 2.45) is 10.8 Å². The average Bonchev–Trinajstić information content (AvgIpc) is 2.17. The largest absolute Gasteiger partial charge is 0.386 e. The van der Waals surface area contributed by atoms with E-state index in [-0.39, 0.29) is 11.6 Å². The fourth-order valence-electron chi connectivity index (χ4n) is 2.23. The van der Waals surface area contributed by atoms with Gasteiger partial charge in [0.25, 0.3) is 0 Å². The van der Waals surface area contributed by atoms with Crippen molar-refractivity contribution in [3.63, 3.8) is 0 Å². The molecule has 0 saturated heterocycles. The first-order valence-corrected chi connectivity index (χ1v) is 5.46. The van der Waals surface area contributed by atoms with Crippen LogP contribution in [0, 0.1) is 10.8 Å². The van der Waals surface area contributed by atoms with Crippen LogP contribution in [-0.4, -0.2) is 22.3 Å². The molecule has 0 aromatic carbocycles. The Hall–Kier alpha value is -0.960. The molecule has 1 saturated carbocycles. The third-order valence-electron chi connectivity index (χ3n) is 3.12. The van der Waals surface area contributed by atoms with Gasteiger partial charge in [-0.2, -0.15) is 0 Å². The van der Waals surface area contributed by atoms with Crippen molar-refractivity contribution in [3.05, 3.63) is 11.6 Å². The van der Waals surface area contributed by atoms with Gasteiger partial charge in [0.2, 0.25) is 0 Å². The molecule has 0 bridgehead atoms. The van der Waals surface area contributed by atoms with E-state index < -0.39 is 16.4 Å². The molecule has 1 rings (SSSR count). The molecule has 0 unspecified atom stereocenters. The zero-order valence-electron chi connectivity index (χ0n) is 10.8. The molecule has 0 radical (unpaired) electrons. The number of hydrogen-bond acceptors (Lipinski definition) is 3. The van der Waals surface area contributed by atoms with Crippen LogP contribution in [0.1, 0.15) is 41.5 Å². The molecule has 16 heavy (non-hydrogen) atoms. The van der Waals surface area contributed by atoms with E-state index in [9.17, 15) is 14.7 Å². The SMILES string of the molecule is CC(C)(O)/C=C1/C(=O)C(C)(C)C(=O)C1(C)C. The van der Waals surface area contributed by atoms with Crippen molar-refractivity contribution >= 4 is 11.6 Å². The number of carbonyl (C=O) groups is 2. The lowest BCUT2D eigenvalue weighted by atomic mass is 9.81. The van der Waals surface area contributed by atoms with Crippen LogP contribution < -0.4 is 0 Å². The second kappa shape index (κ2) is 3.27. The number of carbonyl (C=O) groups excluding carboxylic acids is 2. The Balaban J connectivity index is 3.39. The first-order chi connectivity index (χ1) is 6.90. The number of ketones is 2. The maximum Gasteiger partial charge on any atom is 0.172 e. The molecule has 0 aromatic heterocycles. The molecular weight excluding hydrogens is 204 g/mol. The van der Waals surface area contributed by atoms with E-state index in [0.29, 0.717) is 5.57 Å². The van der Waals surface area contributed by atoms with Gasteiger partial charge in [-0.05, 0) is 47.6 Å². The number of allylic oxidation sites excluding steroid dienone is 1. The van der Waals surface area contributed by atoms with Crippen molar-refractivity contribution in [2.75, 3.05) is 0 Å². The molecule has 1 aliphatic rings. The summed E-state index contributed by atoms with van der Waals surface area (Å²) in [5.41, 5.74) is -2.43. The van der Waals surface area contributed by atoms with E-state index in [0.717, 1.165) is 0 Å². The van der Waals surface area contributed by atoms with Crippen LogP contribution in [0.15, 0.2) is 11.6 Å². The van der Waals surface area contributed by atoms with Crippen LogP contribution in [0.2, 0.25) is 0 Å². The number of Topliss-reactive ketones (excluding diaryl/α,β-unsaturated/α-hetero) is 2. The summed E-state index contributed by atoms with van der Waals surface area (Å²) >= 11 is 0. The molecule has 0 heterocycles. The molecular formula is C13H20O3. The van der Waals surface area contributed by atoms with Crippen molar-refractivity contribution in [3.8, 4) is 0 Å². The minimum absolute atomic E-state index is 0.0829. The van der Waals surface area contributed by atoms with Gasteiger partial charge in [-0.25, -0.2) is 0 Å². The number of rotatable bonds is 1. The zero-order chi connectivity index (χ0) is 12.9. The summed E-state index contributed by atoms with van der Waals surface area (Å²) in [5.74, 6) is -0.259. The van der Waals surface area contributed by atoms with Crippen molar-refractivity contribution < 1.29 is 14.7 Å². The molecule has 3 nitrogen and oxygen atoms in total. The average molecular weight is 224 g/mol. The normalized spacial score (nSPS) is 26.6. The predicted molar refractivity (Wildman–Crippen MR) is 62.0 cm³/mol. The number of hydrogen-bond donors (Lipinski definition) is 1. The Morgan fingerprint density at radius 3 is 1.75 bits per heavy atom. The molecule has 3 heteroatoms. The molecule has 0 atom stereocenters. The summed E-state index contributed by atoms with van der Waals surface area (Å²) in [6, 6.07) is 0. The van der Waals surface area contributed by atoms with E-state index in [2.05, 4.69) is 0 Å². The fourth-order valence-corrected chi connectivity index (χ4v) is 2.23. The van der Waals surface area contributed by atoms with Crippen molar-refractivity contribution in [1.82, 2.24) is 0 Å². The van der Waals surface area contributed by atoms with E-state index in [1.807, 2.05) is 0 Å². The van der Waals surface area contributed by atoms with Gasteiger partial charge in [-0.1, -0.05) is 0 Å². The monoisotopic (exact) mass is 224 g/mol. The van der Waals surface area contributed by atoms with Crippen LogP contribution in [0.3, 0.4) is 0 Å². The third kappa shape index (κ3) is 1.84. The van der Waals surface area contributed by atoms with Gasteiger partial charge < -0.3 is 5.11 Å². The molecule has 0 amide bonds. The van der Waals surface area contributed by atoms with E-state index in [1.54, 1.807) is 41.5 Å². The Kier molecular flexibility index (Phi) is 2.67. The minimum atomic E-state index is -1.08. The topological polar surface area (TPSA) is 54.4 Å². The Morgan fingerprint density at radius 2 is 1.50 bits per heavy atom. The van der Waals surface area contributed by atoms with Crippen LogP contribution >= 0.6 is 0 Å². The highest BCUT2D eigenvalue weighted by Gasteiger charge is 2.56. The second-order valence-corrected chi connectivity index (χ2v) is 6.12. The minimum Gasteiger partial charge on any atom is -0.386 e. The van der Waals surface area contributed by atoms with Gasteiger partial charge in [-0.15, -0.1) is 0 Å². The Morgan fingerprint density at radius 1 is 1.06 bits per heavy atom. The molecule has 0 spiro atoms. The zero-order valence-corrected chi connectivity index (χ0v) is 10.8. The maximum absolute atomic E-state index is 12.1. The lowest BCUT2D eigenvalue weighted by molar-refractivity contribution is -0.135. The summed E-state index contributed by atoms with van der Waals surface area (Å²) in [6.45, 7) is 9.95. The summed E-state index contributed by atoms with van der Waals surface area (Å²) < 4.78 is 0. The van der Waals surface area contributed by atoms with Crippen LogP contribution in [0.5, 0.6) is 0 Å². The predicted octanol–water partition coefficient (Wildman–Crippen LogP) is 1.89. The Labute approximate surface area is 96.5 Å². The molecule has 1 fully saturated rings. The van der Waals surface area contributed by atoms with Gasteiger partial charge >= 0.3 is 0 Å². The van der Waals surface area contributed by atoms with Crippen LogP contribution in [0.25, 0.3) is 0 Å². The highest BCUT2D eigenvalue weighted by Crippen LogP contribution is 2.47. The molecule has 0 aromatic rings. The fraction of sp³-hybridized carbons (Fsp3) is 0.692. The summed E-state index contributed by atoms with van der Waals surface area (Å²) in [5, 5.41) is 9.74. The van der Waals surface area contributed by atoms with Gasteiger partial charge in [-0.3, -0.25) is 9.59 Å². The van der Waals surface area contributed by atoms with E-state index >= 15 is 0 Å². The Bertz CT molecular complexity index is 378. The van der Waals surface area contributed by atoms with Gasteiger partial charge in [0.15, 0.2) is 11.6 Å². The van der Waals surface area contributed by atoms with E-state index in [4.69, 9.17) is 0 Å². The van der Waals surface area contributed by atoms with Crippen molar-refractivity contribution in [1.29, 1.82) is 0 Å². The summed E-state index contributed by atoms with van der Waals surface area (Å²) in [6.07, 6.45) is 1.50. The quantitative estimate of drug-likeness (QED) is 0.546. The van der Waals surface area contributed by atoms with E-state index in [1.165, 1.54) is 6.08 Å². The van der Waals surface area contributed by atoms with Gasteiger partial charge in [0, 0.05) is 5.57 Å². The van der Waals surface area contributed by atoms with Crippen LogP contribution in [-0.2, 0) is 9.59 Å². The first-order valence-electron chi connectivity index (χ1n) is 5.46. The lowest BCUT2D eigenvalue weighted by Crippen LogP contribution is -2.29. The standard InChI is InChI=1S/C13H20O3/c1-11(2,16)7-8-9(14)13(5,6)10(15)12(8,3)4/h7,16H,1-6H3/b8-7-. The van der Waals surface area contributed by atoms with Gasteiger partial charge in [0.1, 0.15) is 0 Å². The molecule has 1 aliphatic carbocycles. The van der Waals surface area contributed by atoms with Gasteiger partial charge in [0.05, 0.1) is 16.4 Å². The third-order valence-corrected chi connectivity index (χ3v) is 3.12. The first kappa shape index (κ1) is 13.1. The smallest absolute Gasteiger partial charge is 0.172 e. The lowest BCUT2D eigenvalue weighted by Gasteiger charge is -2.21. The molecule has 1 N–H and O–H groups in total. The van der Waals surface area contributed by atoms with Crippen LogP contribution in [0.4, 0.5) is 0 Å². The maximum atomic E-state index is 12.1. The number of aliphatic hydroxyl groups is 1. The molecule has 90 valence electrons. The highest BCUT2D eigenvalue weighted by atomic mass is 16.3. The summed E-state index contributed by atoms with van der Waals surface area (Å²) in [4.78, 5) is 24.2. The second-order valence-electron chi connectivity index (χ2n) is 6.12. The van der Waals surface area contributed by atoms with Crippen molar-refractivity contribution in [2.45, 2.75) is 47.1 Å². The highest BCUT2D eigenvalue weighted by molar-refractivity contribution is 6.24. The molecule has 0 aliphatic heterocycles. The summed E-state index contributed by atoms with van der Waals surface area (Å²) in [7, 11) is 0.